The number of aryl methyl sites for hydroxylation is 2. The number of hydrogen-bond acceptors (Lipinski definition) is 2. The van der Waals surface area contributed by atoms with Crippen molar-refractivity contribution in [3.05, 3.63) is 64.8 Å². The molecule has 0 saturated carbocycles. The predicted molar refractivity (Wildman–Crippen MR) is 95.7 cm³/mol. The van der Waals surface area contributed by atoms with Gasteiger partial charge < -0.3 is 4.98 Å². The first-order valence-corrected chi connectivity index (χ1v) is 9.60. The van der Waals surface area contributed by atoms with Gasteiger partial charge in [-0.2, -0.15) is 0 Å². The lowest BCUT2D eigenvalue weighted by Crippen LogP contribution is -2.35. The van der Waals surface area contributed by atoms with Crippen LogP contribution in [-0.2, 0) is 22.9 Å². The number of nitrogens with one attached hydrogen (secondary N) is 2. The summed E-state index contributed by atoms with van der Waals surface area (Å²) in [4.78, 5) is 3.75. The van der Waals surface area contributed by atoms with E-state index in [0.717, 1.165) is 23.2 Å². The summed E-state index contributed by atoms with van der Waals surface area (Å²) >= 11 is 0. The fourth-order valence-corrected chi connectivity index (χ4v) is 4.71. The molecule has 0 spiro atoms. The molecular formula is C19H20N2O2S. The number of H-pyrrole nitrogens is 1. The quantitative estimate of drug-likeness (QED) is 0.769. The van der Waals surface area contributed by atoms with Crippen molar-refractivity contribution in [3.63, 3.8) is 0 Å². The van der Waals surface area contributed by atoms with Gasteiger partial charge in [-0.3, -0.25) is 0 Å². The van der Waals surface area contributed by atoms with Crippen molar-refractivity contribution in [2.45, 2.75) is 37.6 Å². The summed E-state index contributed by atoms with van der Waals surface area (Å²) in [6.45, 7) is 4.02. The van der Waals surface area contributed by atoms with Gasteiger partial charge in [0.15, 0.2) is 0 Å². The Labute approximate surface area is 142 Å². The highest BCUT2D eigenvalue weighted by atomic mass is 32.2. The van der Waals surface area contributed by atoms with Gasteiger partial charge >= 0.3 is 0 Å². The Morgan fingerprint density at radius 2 is 1.71 bits per heavy atom. The lowest BCUT2D eigenvalue weighted by Gasteiger charge is -2.13. The highest BCUT2D eigenvalue weighted by Gasteiger charge is 2.29. The summed E-state index contributed by atoms with van der Waals surface area (Å²) in [5.41, 5.74) is 5.78. The molecule has 4 rings (SSSR count). The Balaban J connectivity index is 1.58. The summed E-state index contributed by atoms with van der Waals surface area (Å²) < 4.78 is 28.0. The Hall–Kier alpha value is -2.11. The van der Waals surface area contributed by atoms with Gasteiger partial charge in [-0.05, 0) is 50.1 Å². The minimum atomic E-state index is -3.48. The topological polar surface area (TPSA) is 62.0 Å². The number of aromatic nitrogens is 1. The highest BCUT2D eigenvalue weighted by Crippen LogP contribution is 2.31. The smallest absolute Gasteiger partial charge is 0.240 e. The van der Waals surface area contributed by atoms with E-state index in [9.17, 15) is 8.42 Å². The molecule has 4 nitrogen and oxygen atoms in total. The van der Waals surface area contributed by atoms with E-state index in [4.69, 9.17) is 0 Å². The van der Waals surface area contributed by atoms with Gasteiger partial charge in [0.05, 0.1) is 4.90 Å². The van der Waals surface area contributed by atoms with Gasteiger partial charge in [0, 0.05) is 29.1 Å². The number of sulfonamides is 1. The summed E-state index contributed by atoms with van der Waals surface area (Å²) in [7, 11) is -3.48. The molecule has 1 atom stereocenters. The monoisotopic (exact) mass is 340 g/mol. The summed E-state index contributed by atoms with van der Waals surface area (Å²) in [5, 5.41) is 1.21. The van der Waals surface area contributed by atoms with Gasteiger partial charge in [-0.1, -0.05) is 29.3 Å². The fourth-order valence-electron chi connectivity index (χ4n) is 3.48. The predicted octanol–water partition coefficient (Wildman–Crippen LogP) is 3.23. The third-order valence-corrected chi connectivity index (χ3v) is 6.24. The molecule has 2 aromatic carbocycles. The Bertz CT molecular complexity index is 1020. The molecule has 0 bridgehead atoms. The third kappa shape index (κ3) is 2.64. The maximum Gasteiger partial charge on any atom is 0.240 e. The van der Waals surface area contributed by atoms with Crippen LogP contribution in [0.25, 0.3) is 10.9 Å². The SMILES string of the molecule is Cc1ccc(S(=O)(=O)NC2Cc3[nH]c4ccc(C)cc4c3C2)cc1. The molecule has 24 heavy (non-hydrogen) atoms. The van der Waals surface area contributed by atoms with Crippen LogP contribution in [0.4, 0.5) is 0 Å². The van der Waals surface area contributed by atoms with E-state index >= 15 is 0 Å². The van der Waals surface area contributed by atoms with Crippen molar-refractivity contribution in [1.29, 1.82) is 0 Å². The van der Waals surface area contributed by atoms with Crippen LogP contribution >= 0.6 is 0 Å². The summed E-state index contributed by atoms with van der Waals surface area (Å²) in [6, 6.07) is 13.2. The molecule has 3 aromatic rings. The van der Waals surface area contributed by atoms with E-state index in [1.54, 1.807) is 12.1 Å². The number of hydrogen-bond donors (Lipinski definition) is 2. The van der Waals surface area contributed by atoms with Crippen LogP contribution in [0.5, 0.6) is 0 Å². The standard InChI is InChI=1S/C19H20N2O2S/c1-12-3-6-15(7-4-12)24(22,23)21-14-10-17-16-9-13(2)5-8-18(16)20-19(17)11-14/h3-9,14,20-21H,10-11H2,1-2H3. The van der Waals surface area contributed by atoms with E-state index in [2.05, 4.69) is 34.8 Å². The van der Waals surface area contributed by atoms with Crippen LogP contribution in [0, 0.1) is 13.8 Å². The van der Waals surface area contributed by atoms with E-state index in [1.807, 2.05) is 19.1 Å². The molecule has 1 unspecified atom stereocenters. The molecule has 2 N–H and O–H groups in total. The van der Waals surface area contributed by atoms with E-state index < -0.39 is 10.0 Å². The molecule has 0 amide bonds. The average Bonchev–Trinajstić information content (AvgIpc) is 3.04. The van der Waals surface area contributed by atoms with E-state index in [-0.39, 0.29) is 6.04 Å². The summed E-state index contributed by atoms with van der Waals surface area (Å²) in [5.74, 6) is 0. The van der Waals surface area contributed by atoms with Crippen molar-refractivity contribution < 1.29 is 8.42 Å². The zero-order chi connectivity index (χ0) is 16.9. The highest BCUT2D eigenvalue weighted by molar-refractivity contribution is 7.89. The van der Waals surface area contributed by atoms with Crippen molar-refractivity contribution >= 4 is 20.9 Å². The van der Waals surface area contributed by atoms with Gasteiger partial charge in [-0.15, -0.1) is 0 Å². The first-order chi connectivity index (χ1) is 11.4. The summed E-state index contributed by atoms with van der Waals surface area (Å²) in [6.07, 6.45) is 1.43. The molecule has 0 aliphatic heterocycles. The van der Waals surface area contributed by atoms with Crippen molar-refractivity contribution in [3.8, 4) is 0 Å². The van der Waals surface area contributed by atoms with Crippen LogP contribution in [0.3, 0.4) is 0 Å². The molecule has 1 aliphatic carbocycles. The molecule has 124 valence electrons. The van der Waals surface area contributed by atoms with Crippen LogP contribution in [-0.4, -0.2) is 19.4 Å². The van der Waals surface area contributed by atoms with Crippen LogP contribution < -0.4 is 4.72 Å². The minimum Gasteiger partial charge on any atom is -0.358 e. The molecule has 0 fully saturated rings. The van der Waals surface area contributed by atoms with Gasteiger partial charge in [0.2, 0.25) is 10.0 Å². The fraction of sp³-hybridized carbons (Fsp3) is 0.263. The van der Waals surface area contributed by atoms with Crippen LogP contribution in [0.15, 0.2) is 47.4 Å². The van der Waals surface area contributed by atoms with Crippen LogP contribution in [0.2, 0.25) is 0 Å². The maximum atomic E-state index is 12.6. The Kier molecular flexibility index (Phi) is 3.51. The molecule has 0 radical (unpaired) electrons. The largest absolute Gasteiger partial charge is 0.358 e. The van der Waals surface area contributed by atoms with Crippen molar-refractivity contribution in [1.82, 2.24) is 9.71 Å². The first kappa shape index (κ1) is 15.4. The molecular weight excluding hydrogens is 320 g/mol. The van der Waals surface area contributed by atoms with Gasteiger partial charge in [0.25, 0.3) is 0 Å². The molecule has 0 saturated heterocycles. The number of rotatable bonds is 3. The zero-order valence-electron chi connectivity index (χ0n) is 13.8. The number of fused-ring (bicyclic) bond motifs is 3. The normalized spacial score (nSPS) is 17.3. The molecule has 5 heteroatoms. The maximum absolute atomic E-state index is 12.6. The lowest BCUT2D eigenvalue weighted by molar-refractivity contribution is 0.555. The van der Waals surface area contributed by atoms with Crippen LogP contribution in [0.1, 0.15) is 22.4 Å². The Morgan fingerprint density at radius 1 is 1.00 bits per heavy atom. The second-order valence-electron chi connectivity index (χ2n) is 6.67. The van der Waals surface area contributed by atoms with Gasteiger partial charge in [0.1, 0.15) is 0 Å². The van der Waals surface area contributed by atoms with Gasteiger partial charge in [-0.25, -0.2) is 13.1 Å². The van der Waals surface area contributed by atoms with E-state index in [1.165, 1.54) is 16.5 Å². The molecule has 1 aliphatic rings. The molecule has 1 heterocycles. The second kappa shape index (κ2) is 5.46. The minimum absolute atomic E-state index is 0.0949. The second-order valence-corrected chi connectivity index (χ2v) is 8.38. The lowest BCUT2D eigenvalue weighted by atomic mass is 10.1. The Morgan fingerprint density at radius 3 is 2.46 bits per heavy atom. The average molecular weight is 340 g/mol. The molecule has 1 aromatic heterocycles. The van der Waals surface area contributed by atoms with Crippen molar-refractivity contribution in [2.75, 3.05) is 0 Å². The number of aromatic amines is 1. The zero-order valence-corrected chi connectivity index (χ0v) is 14.6. The van der Waals surface area contributed by atoms with E-state index in [0.29, 0.717) is 11.3 Å². The van der Waals surface area contributed by atoms with Crippen molar-refractivity contribution in [2.24, 2.45) is 0 Å². The third-order valence-electron chi connectivity index (χ3n) is 4.70. The number of benzene rings is 2. The first-order valence-electron chi connectivity index (χ1n) is 8.11.